The van der Waals surface area contributed by atoms with E-state index in [4.69, 9.17) is 56.2 Å². The second-order valence-corrected chi connectivity index (χ2v) is 27.6. The summed E-state index contributed by atoms with van der Waals surface area (Å²) in [7, 11) is 5.02. The molecule has 3 fully saturated rings. The number of nitrogens with one attached hydrogen (secondary N) is 1. The number of pyridine rings is 3. The van der Waals surface area contributed by atoms with E-state index >= 15 is 0 Å². The summed E-state index contributed by atoms with van der Waals surface area (Å²) in [6, 6.07) is 14.9. The highest BCUT2D eigenvalue weighted by Crippen LogP contribution is 2.29. The first-order valence-corrected chi connectivity index (χ1v) is 34.4. The summed E-state index contributed by atoms with van der Waals surface area (Å²) in [5.74, 6) is 1.57. The Kier molecular flexibility index (Phi) is 27.0. The van der Waals surface area contributed by atoms with E-state index in [0.717, 1.165) is 106 Å². The van der Waals surface area contributed by atoms with Crippen molar-refractivity contribution in [1.29, 1.82) is 0 Å². The van der Waals surface area contributed by atoms with Crippen LogP contribution in [0.1, 0.15) is 121 Å². The number of fused-ring (bicyclic) bond motifs is 3. The summed E-state index contributed by atoms with van der Waals surface area (Å²) in [6.07, 6.45) is 20.5. The van der Waals surface area contributed by atoms with Crippen LogP contribution >= 0.6 is 11.6 Å². The van der Waals surface area contributed by atoms with E-state index in [-0.39, 0.29) is 41.5 Å². The van der Waals surface area contributed by atoms with E-state index in [1.807, 2.05) is 47.6 Å². The highest BCUT2D eigenvalue weighted by atomic mass is 35.5. The third kappa shape index (κ3) is 22.4. The second kappa shape index (κ2) is 35.7. The molecule has 3 atom stereocenters. The van der Waals surface area contributed by atoms with Crippen molar-refractivity contribution in [2.24, 2.45) is 23.5 Å². The minimum absolute atomic E-state index is 0.236. The first-order valence-electron chi connectivity index (χ1n) is 34.0. The van der Waals surface area contributed by atoms with Crippen LogP contribution in [0.15, 0.2) is 91.8 Å². The van der Waals surface area contributed by atoms with Crippen LogP contribution in [0.5, 0.6) is 0 Å². The Labute approximate surface area is 581 Å². The Morgan fingerprint density at radius 2 is 0.919 bits per heavy atom. The van der Waals surface area contributed by atoms with E-state index in [2.05, 4.69) is 41.0 Å². The van der Waals surface area contributed by atoms with Gasteiger partial charge in [0.1, 0.15) is 67.8 Å². The summed E-state index contributed by atoms with van der Waals surface area (Å²) < 4.78 is 72.5. The molecule has 0 spiro atoms. The molecule has 12 rings (SSSR count). The zero-order chi connectivity index (χ0) is 70.6. The summed E-state index contributed by atoms with van der Waals surface area (Å²) in [6.45, 7) is 18.6. The number of carbonyl (C=O) groups excluding carboxylic acids is 2. The molecular formula is C72H94ClF3N16O7. The Morgan fingerprint density at radius 1 is 0.535 bits per heavy atom. The average molecular weight is 1390 g/mol. The molecule has 3 N–H and O–H groups in total. The minimum Gasteiger partial charge on any atom is -0.444 e. The Bertz CT molecular complexity index is 4100. The molecule has 2 amide bonds. The molecule has 3 aliphatic heterocycles. The second-order valence-electron chi connectivity index (χ2n) is 27.2. The van der Waals surface area contributed by atoms with Gasteiger partial charge in [0, 0.05) is 114 Å². The molecule has 3 saturated heterocycles. The van der Waals surface area contributed by atoms with Crippen molar-refractivity contribution in [2.45, 2.75) is 136 Å². The topological polar surface area (TPSA) is 254 Å². The fourth-order valence-corrected chi connectivity index (χ4v) is 12.4. The Hall–Kier alpha value is -8.27. The third-order valence-electron chi connectivity index (χ3n) is 16.6. The molecule has 3 aliphatic rings. The van der Waals surface area contributed by atoms with Crippen LogP contribution in [-0.4, -0.2) is 178 Å². The number of aryl methyl sites for hydroxylation is 2. The van der Waals surface area contributed by atoms with Crippen molar-refractivity contribution in [2.75, 3.05) is 87.0 Å². The smallest absolute Gasteiger partial charge is 0.410 e. The molecule has 532 valence electrons. The van der Waals surface area contributed by atoms with Crippen molar-refractivity contribution in [3.05, 3.63) is 143 Å². The van der Waals surface area contributed by atoms with E-state index in [1.54, 1.807) is 87.2 Å². The fraction of sp³-hybridized carbons (Fsp3) is 0.514. The van der Waals surface area contributed by atoms with Gasteiger partial charge in [0.2, 0.25) is 0 Å². The van der Waals surface area contributed by atoms with Crippen molar-refractivity contribution >= 4 is 40.7 Å². The highest BCUT2D eigenvalue weighted by Gasteiger charge is 2.31. The van der Waals surface area contributed by atoms with Gasteiger partial charge in [0.15, 0.2) is 17.5 Å². The molecule has 27 heteroatoms. The summed E-state index contributed by atoms with van der Waals surface area (Å²) in [5.41, 5.74) is 12.4. The summed E-state index contributed by atoms with van der Waals surface area (Å²) in [4.78, 5) is 69.8. The molecule has 0 saturated carbocycles. The van der Waals surface area contributed by atoms with Gasteiger partial charge in [-0.1, -0.05) is 11.6 Å². The van der Waals surface area contributed by atoms with Gasteiger partial charge in [-0.05, 0) is 210 Å². The first kappa shape index (κ1) is 74.9. The van der Waals surface area contributed by atoms with E-state index in [0.29, 0.717) is 122 Å². The molecular weight excluding hydrogens is 1290 g/mol. The van der Waals surface area contributed by atoms with E-state index < -0.39 is 11.2 Å². The Balaban J connectivity index is 0.000000168. The van der Waals surface area contributed by atoms with Crippen LogP contribution in [0.25, 0.3) is 51.5 Å². The molecule has 12 heterocycles. The first-order chi connectivity index (χ1) is 47.5. The van der Waals surface area contributed by atoms with Crippen LogP contribution in [0, 0.1) is 35.2 Å². The maximum Gasteiger partial charge on any atom is 0.410 e. The number of nitrogens with two attached hydrogens (primary N) is 1. The summed E-state index contributed by atoms with van der Waals surface area (Å²) >= 11 is 6.28. The Morgan fingerprint density at radius 3 is 1.29 bits per heavy atom. The number of ether oxygens (including phenoxy) is 5. The third-order valence-corrected chi connectivity index (χ3v) is 16.8. The molecule has 99 heavy (non-hydrogen) atoms. The maximum absolute atomic E-state index is 13.9. The van der Waals surface area contributed by atoms with Crippen molar-refractivity contribution < 1.29 is 46.4 Å². The predicted octanol–water partition coefficient (Wildman–Crippen LogP) is 12.1. The predicted molar refractivity (Wildman–Crippen MR) is 373 cm³/mol. The molecule has 0 unspecified atom stereocenters. The van der Waals surface area contributed by atoms with E-state index in [1.165, 1.54) is 49.6 Å². The van der Waals surface area contributed by atoms with Crippen LogP contribution < -0.4 is 11.1 Å². The molecule has 0 aliphatic carbocycles. The number of piperidine rings is 3. The fourth-order valence-electron chi connectivity index (χ4n) is 12.2. The summed E-state index contributed by atoms with van der Waals surface area (Å²) in [5, 5.41) is 3.78. The zero-order valence-electron chi connectivity index (χ0n) is 58.4. The lowest BCUT2D eigenvalue weighted by molar-refractivity contribution is 0.0156. The maximum atomic E-state index is 13.9. The standard InChI is InChI=1S/C26H34FN5O3.C22H25ClFN5O2.C21H26FN5O.C3H9NO/c1-26(2,3)35-25(33)31-11-5-7-18(16-31)13-21-14-20(8-6-12-34-4)29-24(30-21)22-15-28-23-10-9-19(27)17-32(22)23;1-22(2,3)31-21(30)28-8-4-5-14(12-28)9-16-10-18(23)27-20(26-16)17-11-25-19-7-6-15(24)13-29(17)19;1-28-9-3-5-17-11-18(10-15-4-2-8-23-12-15)26-21(25-17)19-13-24-20-7-6-16(22)14-27(19)20;1-5-3-2-4/h9-10,14-15,17-18H,5-8,11-13,16H2,1-4H3;6-7,10-11,13-14H,4-5,8-9,12H2,1-3H3;6-7,11,13-15,23H,2-5,8-10,12H2,1H3;2-4H2,1H3/t18-;14-;15-;/m000./s1. The lowest BCUT2D eigenvalue weighted by atomic mass is 9.93. The normalized spacial score (nSPS) is 16.6. The number of aromatic nitrogens is 12. The van der Waals surface area contributed by atoms with Gasteiger partial charge in [-0.3, -0.25) is 13.2 Å². The number of likely N-dealkylation sites (tertiary alicyclic amines) is 2. The van der Waals surface area contributed by atoms with Gasteiger partial charge >= 0.3 is 12.2 Å². The minimum atomic E-state index is -0.521. The van der Waals surface area contributed by atoms with Crippen molar-refractivity contribution in [3.63, 3.8) is 0 Å². The number of carbonyl (C=O) groups is 2. The van der Waals surface area contributed by atoms with Gasteiger partial charge < -0.3 is 44.5 Å². The van der Waals surface area contributed by atoms with Gasteiger partial charge in [-0.15, -0.1) is 0 Å². The van der Waals surface area contributed by atoms with Crippen LogP contribution in [0.2, 0.25) is 5.15 Å². The van der Waals surface area contributed by atoms with Gasteiger partial charge in [0.05, 0.1) is 25.2 Å². The lowest BCUT2D eigenvalue weighted by Crippen LogP contribution is -2.43. The molecule has 0 radical (unpaired) electrons. The number of hydrogen-bond acceptors (Lipinski definition) is 18. The monoisotopic (exact) mass is 1390 g/mol. The van der Waals surface area contributed by atoms with Gasteiger partial charge in [-0.25, -0.2) is 67.6 Å². The van der Waals surface area contributed by atoms with Gasteiger partial charge in [0.25, 0.3) is 0 Å². The molecule has 23 nitrogen and oxygen atoms in total. The molecule has 9 aromatic rings. The van der Waals surface area contributed by atoms with Crippen LogP contribution in [-0.2, 0) is 55.8 Å². The number of methoxy groups -OCH3 is 3. The number of halogens is 4. The quantitative estimate of drug-likeness (QED) is 0.0563. The number of amides is 2. The number of imidazole rings is 3. The van der Waals surface area contributed by atoms with Crippen molar-refractivity contribution in [3.8, 4) is 34.6 Å². The lowest BCUT2D eigenvalue weighted by Gasteiger charge is -2.34. The average Bonchev–Trinajstić information content (AvgIpc) is 1.71. The largest absolute Gasteiger partial charge is 0.444 e. The highest BCUT2D eigenvalue weighted by molar-refractivity contribution is 6.29. The van der Waals surface area contributed by atoms with Crippen molar-refractivity contribution in [1.82, 2.24) is 73.2 Å². The van der Waals surface area contributed by atoms with Gasteiger partial charge in [-0.2, -0.15) is 0 Å². The number of nitrogens with zero attached hydrogens (tertiary/aromatic N) is 14. The SMILES string of the molecule is CC(C)(C)OC(=O)N1CCC[C@@H](Cc2cc(Cl)nc(-c3cnc4ccc(F)cn34)n2)C1.COCCCc1cc(C[C@@H]2CCCN(C(=O)OC(C)(C)C)C2)nc(-c2cnc3ccc(F)cn23)n1.COCCCc1cc(C[C@@H]2CCCNC2)nc(-c2cnc3ccc(F)cn23)n1.COCCN. The number of rotatable bonds is 19. The van der Waals surface area contributed by atoms with Crippen LogP contribution in [0.4, 0.5) is 22.8 Å². The molecule has 9 aromatic heterocycles. The molecule has 0 aromatic carbocycles. The van der Waals surface area contributed by atoms with E-state index in [9.17, 15) is 22.8 Å². The zero-order valence-corrected chi connectivity index (χ0v) is 59.1. The molecule has 0 bridgehead atoms. The number of hydrogen-bond donors (Lipinski definition) is 2. The van der Waals surface area contributed by atoms with Crippen LogP contribution in [0.3, 0.4) is 0 Å².